The van der Waals surface area contributed by atoms with Crippen LogP contribution >= 0.6 is 0 Å². The summed E-state index contributed by atoms with van der Waals surface area (Å²) in [4.78, 5) is 2.61. The van der Waals surface area contributed by atoms with Crippen LogP contribution in [0.25, 0.3) is 0 Å². The molecule has 0 aromatic heterocycles. The molecule has 0 amide bonds. The molecular weight excluding hydrogens is 210 g/mol. The zero-order chi connectivity index (χ0) is 12.3. The van der Waals surface area contributed by atoms with Gasteiger partial charge in [-0.25, -0.2) is 0 Å². The van der Waals surface area contributed by atoms with Crippen LogP contribution in [0.3, 0.4) is 0 Å². The van der Waals surface area contributed by atoms with Crippen LogP contribution in [0.5, 0.6) is 0 Å². The van der Waals surface area contributed by atoms with Gasteiger partial charge in [-0.2, -0.15) is 0 Å². The molecule has 2 nitrogen and oxygen atoms in total. The normalized spacial score (nSPS) is 39.7. The molecule has 1 N–H and O–H groups in total. The van der Waals surface area contributed by atoms with Crippen LogP contribution in [0.1, 0.15) is 52.4 Å². The highest BCUT2D eigenvalue weighted by atomic mass is 16.3. The number of aliphatic hydroxyl groups is 1. The molecule has 1 saturated carbocycles. The summed E-state index contributed by atoms with van der Waals surface area (Å²) in [6, 6.07) is 0. The van der Waals surface area contributed by atoms with E-state index in [-0.39, 0.29) is 5.41 Å². The molecule has 2 fully saturated rings. The number of hydrogen-bond acceptors (Lipinski definition) is 2. The Kier molecular flexibility index (Phi) is 4.48. The summed E-state index contributed by atoms with van der Waals surface area (Å²) in [5, 5.41) is 9.78. The Labute approximate surface area is 106 Å². The highest BCUT2D eigenvalue weighted by molar-refractivity contribution is 4.89. The molecule has 1 saturated heterocycles. The molecule has 1 unspecified atom stereocenters. The Bertz CT molecular complexity index is 233. The maximum absolute atomic E-state index is 9.78. The summed E-state index contributed by atoms with van der Waals surface area (Å²) < 4.78 is 0. The molecule has 0 bridgehead atoms. The molecule has 1 aliphatic heterocycles. The standard InChI is InChI=1S/C15H29NO/c1-3-14-6-9-16(10-14)11-15(12-17)7-4-13(2)5-8-15/h13-14,17H,3-12H2,1-2H3. The molecule has 2 aliphatic rings. The van der Waals surface area contributed by atoms with Gasteiger partial charge in [0, 0.05) is 25.1 Å². The predicted molar refractivity (Wildman–Crippen MR) is 72.0 cm³/mol. The van der Waals surface area contributed by atoms with E-state index in [0.29, 0.717) is 6.61 Å². The summed E-state index contributed by atoms with van der Waals surface area (Å²) >= 11 is 0. The van der Waals surface area contributed by atoms with Gasteiger partial charge in [-0.15, -0.1) is 0 Å². The van der Waals surface area contributed by atoms with Gasteiger partial charge in [0.25, 0.3) is 0 Å². The van der Waals surface area contributed by atoms with Crippen LogP contribution in [-0.2, 0) is 0 Å². The third kappa shape index (κ3) is 3.23. The zero-order valence-corrected chi connectivity index (χ0v) is 11.6. The predicted octanol–water partition coefficient (Wildman–Crippen LogP) is 2.91. The highest BCUT2D eigenvalue weighted by Gasteiger charge is 2.36. The van der Waals surface area contributed by atoms with Gasteiger partial charge < -0.3 is 10.0 Å². The van der Waals surface area contributed by atoms with Gasteiger partial charge >= 0.3 is 0 Å². The second-order valence-corrected chi connectivity index (χ2v) is 6.64. The third-order valence-electron chi connectivity index (χ3n) is 5.18. The van der Waals surface area contributed by atoms with E-state index in [4.69, 9.17) is 0 Å². The Balaban J connectivity index is 1.87. The summed E-state index contributed by atoms with van der Waals surface area (Å²) in [6.07, 6.45) is 7.78. The first-order valence-corrected chi connectivity index (χ1v) is 7.50. The van der Waals surface area contributed by atoms with Gasteiger partial charge in [-0.1, -0.05) is 33.1 Å². The van der Waals surface area contributed by atoms with Gasteiger partial charge in [-0.3, -0.25) is 0 Å². The minimum atomic E-state index is 0.231. The summed E-state index contributed by atoms with van der Waals surface area (Å²) in [5.41, 5.74) is 0.231. The van der Waals surface area contributed by atoms with Crippen LogP contribution in [0.4, 0.5) is 0 Å². The smallest absolute Gasteiger partial charge is 0.0499 e. The number of likely N-dealkylation sites (tertiary alicyclic amines) is 1. The van der Waals surface area contributed by atoms with Gasteiger partial charge in [0.2, 0.25) is 0 Å². The maximum atomic E-state index is 9.78. The molecule has 0 aromatic rings. The van der Waals surface area contributed by atoms with Crippen molar-refractivity contribution in [3.05, 3.63) is 0 Å². The molecule has 0 spiro atoms. The second-order valence-electron chi connectivity index (χ2n) is 6.64. The van der Waals surface area contributed by atoms with Crippen molar-refractivity contribution in [2.75, 3.05) is 26.2 Å². The Morgan fingerprint density at radius 1 is 1.24 bits per heavy atom. The molecule has 1 heterocycles. The van der Waals surface area contributed by atoms with Crippen molar-refractivity contribution in [1.29, 1.82) is 0 Å². The van der Waals surface area contributed by atoms with E-state index in [1.807, 2.05) is 0 Å². The first-order chi connectivity index (χ1) is 8.17. The number of nitrogens with zero attached hydrogens (tertiary/aromatic N) is 1. The Hall–Kier alpha value is -0.0800. The molecule has 1 aliphatic carbocycles. The van der Waals surface area contributed by atoms with Gasteiger partial charge in [0.15, 0.2) is 0 Å². The molecule has 0 aromatic carbocycles. The van der Waals surface area contributed by atoms with E-state index in [1.165, 1.54) is 51.6 Å². The Morgan fingerprint density at radius 3 is 2.47 bits per heavy atom. The van der Waals surface area contributed by atoms with Gasteiger partial charge in [0.1, 0.15) is 0 Å². The molecule has 100 valence electrons. The second kappa shape index (κ2) is 5.71. The minimum Gasteiger partial charge on any atom is -0.396 e. The average molecular weight is 239 g/mol. The van der Waals surface area contributed by atoms with E-state index in [9.17, 15) is 5.11 Å². The van der Waals surface area contributed by atoms with Crippen LogP contribution < -0.4 is 0 Å². The van der Waals surface area contributed by atoms with Crippen molar-refractivity contribution >= 4 is 0 Å². The lowest BCUT2D eigenvalue weighted by atomic mass is 9.71. The highest BCUT2D eigenvalue weighted by Crippen LogP contribution is 2.40. The monoisotopic (exact) mass is 239 g/mol. The van der Waals surface area contributed by atoms with Crippen molar-refractivity contribution in [3.63, 3.8) is 0 Å². The van der Waals surface area contributed by atoms with E-state index in [2.05, 4.69) is 18.7 Å². The van der Waals surface area contributed by atoms with Crippen molar-refractivity contribution in [1.82, 2.24) is 4.90 Å². The quantitative estimate of drug-likeness (QED) is 0.815. The van der Waals surface area contributed by atoms with Crippen molar-refractivity contribution in [2.24, 2.45) is 17.3 Å². The fourth-order valence-electron chi connectivity index (χ4n) is 3.60. The summed E-state index contributed by atoms with van der Waals surface area (Å²) in [5.74, 6) is 1.78. The number of rotatable bonds is 4. The largest absolute Gasteiger partial charge is 0.396 e. The molecule has 1 atom stereocenters. The number of aliphatic hydroxyl groups excluding tert-OH is 1. The molecule has 2 heteroatoms. The van der Waals surface area contributed by atoms with Crippen LogP contribution in [0.15, 0.2) is 0 Å². The van der Waals surface area contributed by atoms with Crippen LogP contribution in [0.2, 0.25) is 0 Å². The average Bonchev–Trinajstić information content (AvgIpc) is 2.80. The SMILES string of the molecule is CCC1CCN(CC2(CO)CCC(C)CC2)C1. The van der Waals surface area contributed by atoms with E-state index in [1.54, 1.807) is 0 Å². The first-order valence-electron chi connectivity index (χ1n) is 7.50. The minimum absolute atomic E-state index is 0.231. The first kappa shape index (κ1) is 13.4. The van der Waals surface area contributed by atoms with Gasteiger partial charge in [-0.05, 0) is 37.6 Å². The van der Waals surface area contributed by atoms with Crippen molar-refractivity contribution in [2.45, 2.75) is 52.4 Å². The summed E-state index contributed by atoms with van der Waals surface area (Å²) in [6.45, 7) is 8.73. The lowest BCUT2D eigenvalue weighted by molar-refractivity contribution is 0.0350. The van der Waals surface area contributed by atoms with Crippen LogP contribution in [-0.4, -0.2) is 36.2 Å². The Morgan fingerprint density at radius 2 is 1.94 bits per heavy atom. The van der Waals surface area contributed by atoms with E-state index >= 15 is 0 Å². The fraction of sp³-hybridized carbons (Fsp3) is 1.00. The maximum Gasteiger partial charge on any atom is 0.0499 e. The van der Waals surface area contributed by atoms with E-state index < -0.39 is 0 Å². The topological polar surface area (TPSA) is 23.5 Å². The third-order valence-corrected chi connectivity index (χ3v) is 5.18. The van der Waals surface area contributed by atoms with Crippen molar-refractivity contribution < 1.29 is 5.11 Å². The fourth-order valence-corrected chi connectivity index (χ4v) is 3.60. The molecule has 17 heavy (non-hydrogen) atoms. The van der Waals surface area contributed by atoms with Crippen LogP contribution in [0, 0.1) is 17.3 Å². The number of hydrogen-bond donors (Lipinski definition) is 1. The molecular formula is C15H29NO. The molecule has 2 rings (SSSR count). The van der Waals surface area contributed by atoms with E-state index in [0.717, 1.165) is 18.4 Å². The van der Waals surface area contributed by atoms with Crippen molar-refractivity contribution in [3.8, 4) is 0 Å². The summed E-state index contributed by atoms with van der Waals surface area (Å²) in [7, 11) is 0. The lowest BCUT2D eigenvalue weighted by Gasteiger charge is -2.40. The molecule has 0 radical (unpaired) electrons. The lowest BCUT2D eigenvalue weighted by Crippen LogP contribution is -2.41. The van der Waals surface area contributed by atoms with Gasteiger partial charge in [0.05, 0.1) is 0 Å². The zero-order valence-electron chi connectivity index (χ0n) is 11.6.